The van der Waals surface area contributed by atoms with Gasteiger partial charge in [-0.05, 0) is 13.0 Å². The van der Waals surface area contributed by atoms with E-state index in [-0.39, 0.29) is 36.5 Å². The van der Waals surface area contributed by atoms with Crippen molar-refractivity contribution in [2.24, 2.45) is 4.99 Å². The Morgan fingerprint density at radius 1 is 1.24 bits per heavy atom. The van der Waals surface area contributed by atoms with Gasteiger partial charge in [-0.3, -0.25) is 34.2 Å². The minimum Gasteiger partial charge on any atom is -0.465 e. The predicted molar refractivity (Wildman–Crippen MR) is 99.6 cm³/mol. The van der Waals surface area contributed by atoms with E-state index < -0.39 is 35.2 Å². The molecule has 29 heavy (non-hydrogen) atoms. The fraction of sp³-hybridized carbons (Fsp3) is 0.353. The second kappa shape index (κ2) is 8.31. The molecule has 1 aliphatic heterocycles. The highest BCUT2D eigenvalue weighted by Gasteiger charge is 2.30. The number of imide groups is 1. The van der Waals surface area contributed by atoms with Gasteiger partial charge in [-0.25, -0.2) is 0 Å². The van der Waals surface area contributed by atoms with Crippen LogP contribution in [0.15, 0.2) is 23.2 Å². The number of hydrogen-bond acceptors (Lipinski definition) is 8. The first kappa shape index (κ1) is 20.3. The Balaban J connectivity index is 2.01. The van der Waals surface area contributed by atoms with E-state index in [1.165, 1.54) is 22.8 Å². The van der Waals surface area contributed by atoms with Gasteiger partial charge in [-0.15, -0.1) is 0 Å². The maximum absolute atomic E-state index is 12.3. The summed E-state index contributed by atoms with van der Waals surface area (Å²) >= 11 is 0.978. The van der Waals surface area contributed by atoms with Crippen molar-refractivity contribution < 1.29 is 28.8 Å². The fourth-order valence-electron chi connectivity index (χ4n) is 2.83. The topological polar surface area (TPSA) is 141 Å². The largest absolute Gasteiger partial charge is 0.465 e. The number of hydrogen-bond donors (Lipinski definition) is 0. The summed E-state index contributed by atoms with van der Waals surface area (Å²) in [6.45, 7) is 1.07. The molecular weight excluding hydrogens is 404 g/mol. The Morgan fingerprint density at radius 2 is 1.93 bits per heavy atom. The highest BCUT2D eigenvalue weighted by atomic mass is 32.1. The first-order valence-corrected chi connectivity index (χ1v) is 9.46. The molecule has 1 aromatic carbocycles. The molecule has 1 aromatic heterocycles. The standard InChI is InChI=1S/C17H16N4O7S/c1-2-28-16(25)9-19-11-4-3-10(21(26)27)7-12(11)29-17(19)18-13(22)8-20-14(23)5-6-15(20)24/h3-4,7H,2,5-6,8-9H2,1H3. The van der Waals surface area contributed by atoms with Gasteiger partial charge in [-0.2, -0.15) is 4.99 Å². The smallest absolute Gasteiger partial charge is 0.326 e. The molecule has 0 saturated carbocycles. The third-order valence-corrected chi connectivity index (χ3v) is 5.18. The van der Waals surface area contributed by atoms with E-state index in [1.807, 2.05) is 0 Å². The summed E-state index contributed by atoms with van der Waals surface area (Å²) < 4.78 is 6.79. The predicted octanol–water partition coefficient (Wildman–Crippen LogP) is 0.750. The molecule has 12 heteroatoms. The van der Waals surface area contributed by atoms with E-state index in [4.69, 9.17) is 4.74 Å². The van der Waals surface area contributed by atoms with Crippen molar-refractivity contribution >= 4 is 50.9 Å². The summed E-state index contributed by atoms with van der Waals surface area (Å²) in [5, 5.41) is 11.0. The van der Waals surface area contributed by atoms with E-state index in [9.17, 15) is 29.3 Å². The molecule has 0 radical (unpaired) electrons. The summed E-state index contributed by atoms with van der Waals surface area (Å²) in [5.74, 6) is -2.19. The number of nitrogens with zero attached hydrogens (tertiary/aromatic N) is 4. The monoisotopic (exact) mass is 420 g/mol. The van der Waals surface area contributed by atoms with Crippen LogP contribution in [0.5, 0.6) is 0 Å². The first-order valence-electron chi connectivity index (χ1n) is 8.64. The molecule has 2 aromatic rings. The van der Waals surface area contributed by atoms with Crippen LogP contribution in [0, 0.1) is 10.1 Å². The van der Waals surface area contributed by atoms with Gasteiger partial charge in [0.15, 0.2) is 4.80 Å². The van der Waals surface area contributed by atoms with Crippen LogP contribution < -0.4 is 4.80 Å². The Hall–Kier alpha value is -3.41. The lowest BCUT2D eigenvalue weighted by atomic mass is 10.3. The molecule has 0 N–H and O–H groups in total. The van der Waals surface area contributed by atoms with Crippen LogP contribution in [0.2, 0.25) is 0 Å². The van der Waals surface area contributed by atoms with Gasteiger partial charge in [0.05, 0.1) is 21.7 Å². The number of esters is 1. The van der Waals surface area contributed by atoms with E-state index in [0.29, 0.717) is 10.2 Å². The van der Waals surface area contributed by atoms with Crippen molar-refractivity contribution in [3.63, 3.8) is 0 Å². The van der Waals surface area contributed by atoms with Gasteiger partial charge in [0.2, 0.25) is 11.8 Å². The Labute approximate surface area is 167 Å². The second-order valence-corrected chi connectivity index (χ2v) is 7.07. The van der Waals surface area contributed by atoms with Crippen LogP contribution >= 0.6 is 11.3 Å². The average molecular weight is 420 g/mol. The number of carbonyl (C=O) groups is 4. The molecule has 0 aliphatic carbocycles. The molecule has 3 amide bonds. The number of aromatic nitrogens is 1. The number of amides is 3. The molecule has 0 bridgehead atoms. The van der Waals surface area contributed by atoms with Crippen molar-refractivity contribution in [1.29, 1.82) is 0 Å². The number of benzene rings is 1. The Morgan fingerprint density at radius 3 is 2.55 bits per heavy atom. The first-order chi connectivity index (χ1) is 13.8. The highest BCUT2D eigenvalue weighted by Crippen LogP contribution is 2.23. The molecule has 1 fully saturated rings. The molecule has 1 aliphatic rings. The molecule has 2 heterocycles. The van der Waals surface area contributed by atoms with Crippen molar-refractivity contribution in [1.82, 2.24) is 9.47 Å². The number of nitro groups is 1. The van der Waals surface area contributed by atoms with Gasteiger partial charge >= 0.3 is 5.97 Å². The molecule has 11 nitrogen and oxygen atoms in total. The van der Waals surface area contributed by atoms with Crippen LogP contribution in [-0.2, 0) is 30.5 Å². The van der Waals surface area contributed by atoms with E-state index >= 15 is 0 Å². The number of rotatable bonds is 6. The number of ether oxygens (including phenoxy) is 1. The third-order valence-electron chi connectivity index (χ3n) is 4.14. The zero-order valence-electron chi connectivity index (χ0n) is 15.3. The maximum atomic E-state index is 12.3. The lowest BCUT2D eigenvalue weighted by Gasteiger charge is -2.10. The van der Waals surface area contributed by atoms with E-state index in [1.54, 1.807) is 6.92 Å². The van der Waals surface area contributed by atoms with E-state index in [2.05, 4.69) is 4.99 Å². The van der Waals surface area contributed by atoms with Crippen molar-refractivity contribution in [2.45, 2.75) is 26.3 Å². The average Bonchev–Trinajstić information content (AvgIpc) is 3.15. The molecular formula is C17H16N4O7S. The van der Waals surface area contributed by atoms with Crippen LogP contribution in [-0.4, -0.2) is 51.2 Å². The molecule has 0 spiro atoms. The third kappa shape index (κ3) is 4.37. The number of thiazole rings is 1. The zero-order chi connectivity index (χ0) is 21.1. The molecule has 152 valence electrons. The minimum atomic E-state index is -0.743. The van der Waals surface area contributed by atoms with Gasteiger partial charge in [0, 0.05) is 25.0 Å². The van der Waals surface area contributed by atoms with Crippen LogP contribution in [0.4, 0.5) is 5.69 Å². The summed E-state index contributed by atoms with van der Waals surface area (Å²) in [6.07, 6.45) is 0.114. The van der Waals surface area contributed by atoms with Gasteiger partial charge in [0.1, 0.15) is 13.1 Å². The van der Waals surface area contributed by atoms with Crippen LogP contribution in [0.3, 0.4) is 0 Å². The fourth-order valence-corrected chi connectivity index (χ4v) is 3.91. The zero-order valence-corrected chi connectivity index (χ0v) is 16.1. The molecule has 3 rings (SSSR count). The maximum Gasteiger partial charge on any atom is 0.326 e. The van der Waals surface area contributed by atoms with Crippen molar-refractivity contribution in [3.8, 4) is 0 Å². The van der Waals surface area contributed by atoms with E-state index in [0.717, 1.165) is 16.2 Å². The van der Waals surface area contributed by atoms with Gasteiger partial charge in [-0.1, -0.05) is 11.3 Å². The lowest BCUT2D eigenvalue weighted by Crippen LogP contribution is -2.34. The molecule has 1 saturated heterocycles. The number of likely N-dealkylation sites (tertiary alicyclic amines) is 1. The highest BCUT2D eigenvalue weighted by molar-refractivity contribution is 7.16. The summed E-state index contributed by atoms with van der Waals surface area (Å²) in [7, 11) is 0. The Kier molecular flexibility index (Phi) is 5.82. The quantitative estimate of drug-likeness (QED) is 0.290. The molecule has 0 unspecified atom stereocenters. The molecule has 0 atom stereocenters. The number of non-ortho nitro benzene ring substituents is 1. The van der Waals surface area contributed by atoms with Gasteiger partial charge in [0.25, 0.3) is 11.6 Å². The number of nitro benzene ring substituents is 1. The summed E-state index contributed by atoms with van der Waals surface area (Å²) in [5.41, 5.74) is 0.321. The summed E-state index contributed by atoms with van der Waals surface area (Å²) in [6, 6.07) is 4.06. The minimum absolute atomic E-state index is 0.0571. The normalized spacial score (nSPS) is 14.7. The number of carbonyl (C=O) groups excluding carboxylic acids is 4. The lowest BCUT2D eigenvalue weighted by molar-refractivity contribution is -0.384. The van der Waals surface area contributed by atoms with Crippen LogP contribution in [0.25, 0.3) is 10.2 Å². The van der Waals surface area contributed by atoms with Crippen molar-refractivity contribution in [3.05, 3.63) is 33.1 Å². The van der Waals surface area contributed by atoms with Crippen LogP contribution in [0.1, 0.15) is 19.8 Å². The number of fused-ring (bicyclic) bond motifs is 1. The Bertz CT molecular complexity index is 1080. The second-order valence-electron chi connectivity index (χ2n) is 6.06. The SMILES string of the molecule is CCOC(=O)Cn1c(=NC(=O)CN2C(=O)CCC2=O)sc2cc([N+](=O)[O-])ccc21. The van der Waals surface area contributed by atoms with Gasteiger partial charge < -0.3 is 9.30 Å². The summed E-state index contributed by atoms with van der Waals surface area (Å²) in [4.78, 5) is 63.0. The van der Waals surface area contributed by atoms with Crippen molar-refractivity contribution in [2.75, 3.05) is 13.2 Å².